The van der Waals surface area contributed by atoms with Crippen LogP contribution in [0.1, 0.15) is 86.8 Å². The summed E-state index contributed by atoms with van der Waals surface area (Å²) >= 11 is 0. The molecule has 1 aliphatic heterocycles. The minimum atomic E-state index is 0. The molecule has 1 aliphatic rings. The Labute approximate surface area is 173 Å². The van der Waals surface area contributed by atoms with E-state index in [9.17, 15) is 0 Å². The second kappa shape index (κ2) is 17.1. The summed E-state index contributed by atoms with van der Waals surface area (Å²) in [6.07, 6.45) is 3.97. The predicted octanol–water partition coefficient (Wildman–Crippen LogP) is 6.77. The fraction of sp³-hybridized carbons (Fsp3) is 0.714. The zero-order chi connectivity index (χ0) is 14.3. The Morgan fingerprint density at radius 2 is 1.30 bits per heavy atom. The molecule has 1 aromatic carbocycles. The monoisotopic (exact) mass is 398 g/mol. The molecule has 0 aliphatic carbocycles. The van der Waals surface area contributed by atoms with E-state index in [0.29, 0.717) is 5.92 Å². The van der Waals surface area contributed by atoms with Gasteiger partial charge in [-0.15, -0.1) is 0 Å². The summed E-state index contributed by atoms with van der Waals surface area (Å²) in [4.78, 5) is 2.53. The molecular weight excluding hydrogens is 355 g/mol. The predicted molar refractivity (Wildman–Crippen MR) is 106 cm³/mol. The van der Waals surface area contributed by atoms with Crippen LogP contribution in [0.15, 0.2) is 24.3 Å². The normalized spacial score (nSPS) is 13.0. The molecule has 1 saturated heterocycles. The van der Waals surface area contributed by atoms with Gasteiger partial charge in [0.1, 0.15) is 0 Å². The van der Waals surface area contributed by atoms with Gasteiger partial charge in [-0.25, -0.2) is 0 Å². The van der Waals surface area contributed by atoms with E-state index in [-0.39, 0.29) is 55.0 Å². The van der Waals surface area contributed by atoms with Crippen LogP contribution < -0.4 is 0 Å². The first-order chi connectivity index (χ1) is 9.04. The molecule has 0 unspecified atom stereocenters. The number of rotatable bonds is 3. The first kappa shape index (κ1) is 31.1. The second-order valence-corrected chi connectivity index (χ2v) is 6.09. The van der Waals surface area contributed by atoms with Gasteiger partial charge in [0.15, 0.2) is 0 Å². The molecule has 1 nitrogen and oxygen atoms in total. The Kier molecular flexibility index (Phi) is 23.1. The smallest absolute Gasteiger partial charge is 0.00385 e. The summed E-state index contributed by atoms with van der Waals surface area (Å²) in [5, 5.41) is 0. The summed E-state index contributed by atoms with van der Waals surface area (Å²) in [6.45, 7) is 13.8. The van der Waals surface area contributed by atoms with Crippen molar-refractivity contribution in [3.63, 3.8) is 0 Å². The van der Waals surface area contributed by atoms with Gasteiger partial charge < -0.3 is 4.90 Å². The van der Waals surface area contributed by atoms with Gasteiger partial charge in [-0.3, -0.25) is 0 Å². The molecule has 135 valence electrons. The van der Waals surface area contributed by atoms with Crippen molar-refractivity contribution in [1.82, 2.24) is 4.90 Å². The van der Waals surface area contributed by atoms with Crippen molar-refractivity contribution in [1.29, 1.82) is 0 Å². The van der Waals surface area contributed by atoms with Gasteiger partial charge in [0.25, 0.3) is 0 Å². The molecule has 1 fully saturated rings. The topological polar surface area (TPSA) is 3.24 Å². The molecule has 2 heteroatoms. The quantitative estimate of drug-likeness (QED) is 0.543. The maximum atomic E-state index is 2.53. The third-order valence-electron chi connectivity index (χ3n) is 3.93. The van der Waals surface area contributed by atoms with Gasteiger partial charge in [-0.2, -0.15) is 0 Å². The fourth-order valence-electron chi connectivity index (χ4n) is 2.40. The van der Waals surface area contributed by atoms with E-state index in [1.807, 2.05) is 0 Å². The van der Waals surface area contributed by atoms with Crippen LogP contribution in [-0.2, 0) is 39.1 Å². The van der Waals surface area contributed by atoms with Gasteiger partial charge in [0.2, 0.25) is 0 Å². The molecule has 1 radical (unpaired) electrons. The van der Waals surface area contributed by atoms with E-state index >= 15 is 0 Å². The molecule has 0 aromatic heterocycles. The Hall–Kier alpha value is 0.284. The SMILES string of the molecule is C.C.C.CC(C)N1CCCC1.CCc1ccc(C(C)C)cc1.[Y]. The van der Waals surface area contributed by atoms with E-state index in [2.05, 4.69) is 63.8 Å². The third kappa shape index (κ3) is 12.3. The summed E-state index contributed by atoms with van der Waals surface area (Å²) in [5.41, 5.74) is 2.86. The van der Waals surface area contributed by atoms with Crippen molar-refractivity contribution >= 4 is 0 Å². The van der Waals surface area contributed by atoms with Crippen LogP contribution in [0.5, 0.6) is 0 Å². The number of nitrogens with zero attached hydrogens (tertiary/aromatic N) is 1. The minimum Gasteiger partial charge on any atom is -0.301 e. The molecule has 0 saturated carbocycles. The summed E-state index contributed by atoms with van der Waals surface area (Å²) in [6, 6.07) is 9.66. The van der Waals surface area contributed by atoms with Gasteiger partial charge in [0.05, 0.1) is 0 Å². The van der Waals surface area contributed by atoms with Crippen molar-refractivity contribution < 1.29 is 32.7 Å². The molecule has 0 bridgehead atoms. The van der Waals surface area contributed by atoms with E-state index < -0.39 is 0 Å². The average molecular weight is 398 g/mol. The van der Waals surface area contributed by atoms with Crippen molar-refractivity contribution in [3.8, 4) is 0 Å². The fourth-order valence-corrected chi connectivity index (χ4v) is 2.40. The largest absolute Gasteiger partial charge is 0.301 e. The van der Waals surface area contributed by atoms with Crippen molar-refractivity contribution in [2.45, 2.75) is 88.1 Å². The first-order valence-corrected chi connectivity index (χ1v) is 7.87. The maximum absolute atomic E-state index is 2.53. The van der Waals surface area contributed by atoms with E-state index in [1.165, 1.54) is 37.1 Å². The Morgan fingerprint density at radius 1 is 0.870 bits per heavy atom. The molecule has 0 spiro atoms. The van der Waals surface area contributed by atoms with Crippen molar-refractivity contribution in [3.05, 3.63) is 35.4 Å². The van der Waals surface area contributed by atoms with Crippen LogP contribution >= 0.6 is 0 Å². The molecule has 0 atom stereocenters. The number of hydrogen-bond acceptors (Lipinski definition) is 1. The standard InChI is InChI=1S/C11H16.C7H15N.3CH4.Y/c1-4-10-5-7-11(8-6-10)9(2)3;1-7(2)8-5-3-4-6-8;;;;/h5-9H,4H2,1-3H3;7H,3-6H2,1-2H3;3*1H4;. The molecule has 1 aromatic rings. The third-order valence-corrected chi connectivity index (χ3v) is 3.93. The van der Waals surface area contributed by atoms with E-state index in [0.717, 1.165) is 12.5 Å². The van der Waals surface area contributed by atoms with Crippen molar-refractivity contribution in [2.75, 3.05) is 13.1 Å². The Balaban J connectivity index is -0.000000138. The molecule has 0 N–H and O–H groups in total. The summed E-state index contributed by atoms with van der Waals surface area (Å²) in [5.74, 6) is 0.654. The molecular formula is C21H43NY. The number of benzene rings is 1. The van der Waals surface area contributed by atoms with Gasteiger partial charge in [-0.05, 0) is 63.2 Å². The number of aryl methyl sites for hydroxylation is 1. The van der Waals surface area contributed by atoms with Crippen LogP contribution in [0, 0.1) is 0 Å². The number of hydrogen-bond donors (Lipinski definition) is 0. The van der Waals surface area contributed by atoms with E-state index in [1.54, 1.807) is 0 Å². The van der Waals surface area contributed by atoms with Gasteiger partial charge in [-0.1, -0.05) is 67.3 Å². The van der Waals surface area contributed by atoms with E-state index in [4.69, 9.17) is 0 Å². The average Bonchev–Trinajstić information content (AvgIpc) is 2.93. The first-order valence-electron chi connectivity index (χ1n) is 7.87. The molecule has 0 amide bonds. The minimum absolute atomic E-state index is 0. The molecule has 1 heterocycles. The van der Waals surface area contributed by atoms with Crippen LogP contribution in [0.3, 0.4) is 0 Å². The second-order valence-electron chi connectivity index (χ2n) is 6.09. The number of likely N-dealkylation sites (tertiary alicyclic amines) is 1. The van der Waals surface area contributed by atoms with Gasteiger partial charge in [0, 0.05) is 38.8 Å². The van der Waals surface area contributed by atoms with Crippen molar-refractivity contribution in [2.24, 2.45) is 0 Å². The Morgan fingerprint density at radius 3 is 1.57 bits per heavy atom. The Bertz CT molecular complexity index is 337. The van der Waals surface area contributed by atoms with Crippen LogP contribution in [0.25, 0.3) is 0 Å². The summed E-state index contributed by atoms with van der Waals surface area (Å²) in [7, 11) is 0. The maximum Gasteiger partial charge on any atom is 0.00385 e. The molecule has 23 heavy (non-hydrogen) atoms. The molecule has 2 rings (SSSR count). The van der Waals surface area contributed by atoms with Crippen LogP contribution in [0.4, 0.5) is 0 Å². The summed E-state index contributed by atoms with van der Waals surface area (Å²) < 4.78 is 0. The zero-order valence-electron chi connectivity index (χ0n) is 14.0. The van der Waals surface area contributed by atoms with Crippen LogP contribution in [0.2, 0.25) is 0 Å². The van der Waals surface area contributed by atoms with Crippen LogP contribution in [-0.4, -0.2) is 24.0 Å². The van der Waals surface area contributed by atoms with Gasteiger partial charge >= 0.3 is 0 Å². The zero-order valence-corrected chi connectivity index (χ0v) is 16.9.